The molecular weight excluding hydrogens is 266 g/mol. The predicted molar refractivity (Wildman–Crippen MR) is 74.4 cm³/mol. The fourth-order valence-electron chi connectivity index (χ4n) is 1.67. The fraction of sp³-hybridized carbons (Fsp3) is 0.154. The standard InChI is InChI=1S/C13H12ClN3O2/c1-9(12-4-2-3-7-15-12)16-13-6-5-10(17(18)19)8-11(13)14/h2-9,16H,1H3. The van der Waals surface area contributed by atoms with E-state index in [1.54, 1.807) is 12.3 Å². The third kappa shape index (κ3) is 3.20. The average molecular weight is 278 g/mol. The van der Waals surface area contributed by atoms with Crippen molar-refractivity contribution < 1.29 is 4.92 Å². The van der Waals surface area contributed by atoms with Gasteiger partial charge in [-0.1, -0.05) is 17.7 Å². The van der Waals surface area contributed by atoms with Gasteiger partial charge in [-0.2, -0.15) is 0 Å². The van der Waals surface area contributed by atoms with Crippen LogP contribution in [0.15, 0.2) is 42.6 Å². The van der Waals surface area contributed by atoms with E-state index in [-0.39, 0.29) is 11.7 Å². The molecule has 1 aromatic carbocycles. The van der Waals surface area contributed by atoms with Gasteiger partial charge in [-0.15, -0.1) is 0 Å². The lowest BCUT2D eigenvalue weighted by atomic mass is 10.2. The van der Waals surface area contributed by atoms with E-state index in [0.717, 1.165) is 5.69 Å². The van der Waals surface area contributed by atoms with Crippen molar-refractivity contribution in [2.45, 2.75) is 13.0 Å². The molecule has 0 fully saturated rings. The molecule has 98 valence electrons. The number of nitrogens with one attached hydrogen (secondary N) is 1. The average Bonchev–Trinajstić information content (AvgIpc) is 2.41. The van der Waals surface area contributed by atoms with Crippen LogP contribution in [0.4, 0.5) is 11.4 Å². The maximum absolute atomic E-state index is 10.6. The molecule has 0 bridgehead atoms. The predicted octanol–water partition coefficient (Wildman–Crippen LogP) is 3.82. The van der Waals surface area contributed by atoms with E-state index in [1.165, 1.54) is 12.1 Å². The first-order valence-electron chi connectivity index (χ1n) is 5.69. The number of anilines is 1. The van der Waals surface area contributed by atoms with Gasteiger partial charge in [-0.3, -0.25) is 15.1 Å². The number of hydrogen-bond acceptors (Lipinski definition) is 4. The van der Waals surface area contributed by atoms with E-state index < -0.39 is 4.92 Å². The molecule has 0 radical (unpaired) electrons. The van der Waals surface area contributed by atoms with E-state index in [0.29, 0.717) is 10.7 Å². The van der Waals surface area contributed by atoms with Crippen molar-refractivity contribution in [3.05, 3.63) is 63.4 Å². The molecule has 0 aliphatic heterocycles. The Labute approximate surface area is 115 Å². The lowest BCUT2D eigenvalue weighted by molar-refractivity contribution is -0.384. The van der Waals surface area contributed by atoms with Crippen LogP contribution in [0.2, 0.25) is 5.02 Å². The maximum atomic E-state index is 10.6. The SMILES string of the molecule is CC(Nc1ccc([N+](=O)[O-])cc1Cl)c1ccccn1. The molecule has 5 nitrogen and oxygen atoms in total. The zero-order valence-corrected chi connectivity index (χ0v) is 11.0. The minimum absolute atomic E-state index is 0.0268. The second-order valence-electron chi connectivity index (χ2n) is 4.04. The monoisotopic (exact) mass is 277 g/mol. The van der Waals surface area contributed by atoms with E-state index in [1.807, 2.05) is 25.1 Å². The highest BCUT2D eigenvalue weighted by atomic mass is 35.5. The van der Waals surface area contributed by atoms with Gasteiger partial charge in [-0.25, -0.2) is 0 Å². The van der Waals surface area contributed by atoms with Crippen LogP contribution in [0.3, 0.4) is 0 Å². The van der Waals surface area contributed by atoms with E-state index in [2.05, 4.69) is 10.3 Å². The summed E-state index contributed by atoms with van der Waals surface area (Å²) < 4.78 is 0. The molecular formula is C13H12ClN3O2. The molecule has 0 aliphatic rings. The van der Waals surface area contributed by atoms with Crippen molar-refractivity contribution in [2.24, 2.45) is 0 Å². The second kappa shape index (κ2) is 5.67. The summed E-state index contributed by atoms with van der Waals surface area (Å²) in [6, 6.07) is 9.94. The minimum atomic E-state index is -0.474. The Morgan fingerprint density at radius 3 is 2.74 bits per heavy atom. The molecule has 2 rings (SSSR count). The highest BCUT2D eigenvalue weighted by Crippen LogP contribution is 2.29. The molecule has 0 saturated heterocycles. The lowest BCUT2D eigenvalue weighted by Gasteiger charge is -2.15. The molecule has 1 atom stereocenters. The topological polar surface area (TPSA) is 68.1 Å². The first-order chi connectivity index (χ1) is 9.08. The molecule has 6 heteroatoms. The van der Waals surface area contributed by atoms with Gasteiger partial charge in [0.1, 0.15) is 0 Å². The smallest absolute Gasteiger partial charge is 0.271 e. The van der Waals surface area contributed by atoms with Crippen molar-refractivity contribution >= 4 is 23.0 Å². The first kappa shape index (κ1) is 13.3. The highest BCUT2D eigenvalue weighted by molar-refractivity contribution is 6.33. The largest absolute Gasteiger partial charge is 0.376 e. The molecule has 0 saturated carbocycles. The van der Waals surface area contributed by atoms with E-state index in [4.69, 9.17) is 11.6 Å². The number of non-ortho nitro benzene ring substituents is 1. The van der Waals surface area contributed by atoms with E-state index in [9.17, 15) is 10.1 Å². The number of nitro benzene ring substituents is 1. The molecule has 1 aromatic heterocycles. The van der Waals surface area contributed by atoms with Crippen LogP contribution in [-0.2, 0) is 0 Å². The van der Waals surface area contributed by atoms with Gasteiger partial charge in [-0.05, 0) is 25.1 Å². The molecule has 0 aliphatic carbocycles. The molecule has 0 amide bonds. The lowest BCUT2D eigenvalue weighted by Crippen LogP contribution is -2.08. The quantitative estimate of drug-likeness (QED) is 0.681. The normalized spacial score (nSPS) is 11.9. The van der Waals surface area contributed by atoms with Gasteiger partial charge in [0.15, 0.2) is 0 Å². The Bertz CT molecular complexity index is 590. The van der Waals surface area contributed by atoms with Crippen LogP contribution >= 0.6 is 11.6 Å². The zero-order chi connectivity index (χ0) is 13.8. The number of nitrogens with zero attached hydrogens (tertiary/aromatic N) is 2. The van der Waals surface area contributed by atoms with Gasteiger partial charge in [0.2, 0.25) is 0 Å². The number of hydrogen-bond donors (Lipinski definition) is 1. The Morgan fingerprint density at radius 1 is 1.37 bits per heavy atom. The van der Waals surface area contributed by atoms with Gasteiger partial charge >= 0.3 is 0 Å². The van der Waals surface area contributed by atoms with Crippen molar-refractivity contribution in [3.63, 3.8) is 0 Å². The molecule has 0 spiro atoms. The fourth-order valence-corrected chi connectivity index (χ4v) is 1.90. The Balaban J connectivity index is 2.18. The molecule has 1 heterocycles. The maximum Gasteiger partial charge on any atom is 0.271 e. The van der Waals surface area contributed by atoms with Crippen LogP contribution in [0.5, 0.6) is 0 Å². The molecule has 2 aromatic rings. The van der Waals surface area contributed by atoms with Gasteiger partial charge in [0.25, 0.3) is 5.69 Å². The van der Waals surface area contributed by atoms with Crippen LogP contribution in [0, 0.1) is 10.1 Å². The van der Waals surface area contributed by atoms with Crippen molar-refractivity contribution in [3.8, 4) is 0 Å². The van der Waals surface area contributed by atoms with Crippen molar-refractivity contribution in [2.75, 3.05) is 5.32 Å². The molecule has 1 unspecified atom stereocenters. The zero-order valence-electron chi connectivity index (χ0n) is 10.2. The summed E-state index contributed by atoms with van der Waals surface area (Å²) >= 11 is 6.02. The molecule has 19 heavy (non-hydrogen) atoms. The number of nitro groups is 1. The number of benzene rings is 1. The van der Waals surface area contributed by atoms with Gasteiger partial charge < -0.3 is 5.32 Å². The second-order valence-corrected chi connectivity index (χ2v) is 4.45. The van der Waals surface area contributed by atoms with E-state index >= 15 is 0 Å². The summed E-state index contributed by atoms with van der Waals surface area (Å²) in [6.07, 6.45) is 1.71. The van der Waals surface area contributed by atoms with Crippen molar-refractivity contribution in [1.29, 1.82) is 0 Å². The summed E-state index contributed by atoms with van der Waals surface area (Å²) in [4.78, 5) is 14.4. The third-order valence-electron chi connectivity index (χ3n) is 2.67. The third-order valence-corrected chi connectivity index (χ3v) is 2.98. The van der Waals surface area contributed by atoms with Gasteiger partial charge in [0.05, 0.1) is 27.4 Å². The molecule has 1 N–H and O–H groups in total. The number of aromatic nitrogens is 1. The number of pyridine rings is 1. The van der Waals surface area contributed by atoms with Crippen molar-refractivity contribution in [1.82, 2.24) is 4.98 Å². The summed E-state index contributed by atoms with van der Waals surface area (Å²) in [6.45, 7) is 1.94. The summed E-state index contributed by atoms with van der Waals surface area (Å²) in [5.41, 5.74) is 1.49. The Kier molecular flexibility index (Phi) is 3.97. The summed E-state index contributed by atoms with van der Waals surface area (Å²) in [5, 5.41) is 14.1. The number of rotatable bonds is 4. The van der Waals surface area contributed by atoms with Crippen LogP contribution in [-0.4, -0.2) is 9.91 Å². The first-order valence-corrected chi connectivity index (χ1v) is 6.07. The van der Waals surface area contributed by atoms with Crippen LogP contribution in [0.25, 0.3) is 0 Å². The summed E-state index contributed by atoms with van der Waals surface area (Å²) in [7, 11) is 0. The van der Waals surface area contributed by atoms with Crippen LogP contribution < -0.4 is 5.32 Å². The van der Waals surface area contributed by atoms with Gasteiger partial charge in [0, 0.05) is 18.3 Å². The van der Waals surface area contributed by atoms with Crippen LogP contribution in [0.1, 0.15) is 18.7 Å². The minimum Gasteiger partial charge on any atom is -0.376 e. The summed E-state index contributed by atoms with van der Waals surface area (Å²) in [5.74, 6) is 0. The Morgan fingerprint density at radius 2 is 2.16 bits per heavy atom. The number of halogens is 1. The Hall–Kier alpha value is -2.14. The highest BCUT2D eigenvalue weighted by Gasteiger charge is 2.12.